The zero-order valence-corrected chi connectivity index (χ0v) is 10.6. The lowest BCUT2D eigenvalue weighted by atomic mass is 9.94. The minimum absolute atomic E-state index is 0.252. The molecule has 2 fully saturated rings. The molecule has 0 radical (unpaired) electrons. The van der Waals surface area contributed by atoms with Crippen molar-refractivity contribution in [3.05, 3.63) is 35.8 Å². The van der Waals surface area contributed by atoms with Gasteiger partial charge in [-0.15, -0.1) is 0 Å². The predicted molar refractivity (Wildman–Crippen MR) is 71.5 cm³/mol. The summed E-state index contributed by atoms with van der Waals surface area (Å²) >= 11 is 0. The number of piperidine rings is 1. The van der Waals surface area contributed by atoms with E-state index in [1.54, 1.807) is 12.3 Å². The van der Waals surface area contributed by atoms with Crippen molar-refractivity contribution in [2.24, 2.45) is 5.92 Å². The monoisotopic (exact) mass is 250 g/mol. The van der Waals surface area contributed by atoms with Crippen molar-refractivity contribution < 1.29 is 0 Å². The highest BCUT2D eigenvalue weighted by Gasteiger charge is 2.56. The van der Waals surface area contributed by atoms with E-state index in [9.17, 15) is 0 Å². The number of nitrogens with one attached hydrogen (secondary N) is 1. The van der Waals surface area contributed by atoms with Gasteiger partial charge in [-0.05, 0) is 37.4 Å². The highest BCUT2D eigenvalue weighted by Crippen LogP contribution is 2.56. The summed E-state index contributed by atoms with van der Waals surface area (Å²) in [6.45, 7) is 2.16. The van der Waals surface area contributed by atoms with Crippen LogP contribution in [-0.2, 0) is 5.41 Å². The number of aromatic nitrogens is 2. The maximum atomic E-state index is 8.92. The molecule has 1 saturated carbocycles. The number of fused-ring (bicyclic) bond motifs is 2. The Balaban J connectivity index is 1.82. The first-order valence-corrected chi connectivity index (χ1v) is 6.70. The molecule has 4 nitrogen and oxygen atoms in total. The Morgan fingerprint density at radius 3 is 3.21 bits per heavy atom. The molecule has 2 unspecified atom stereocenters. The molecule has 4 rings (SSSR count). The van der Waals surface area contributed by atoms with E-state index in [4.69, 9.17) is 10.2 Å². The number of hydrogen-bond donors (Lipinski definition) is 1. The number of rotatable bonds is 1. The summed E-state index contributed by atoms with van der Waals surface area (Å²) in [4.78, 5) is 8.87. The molecule has 0 spiro atoms. The highest BCUT2D eigenvalue weighted by atomic mass is 15.0. The summed E-state index contributed by atoms with van der Waals surface area (Å²) in [6.07, 6.45) is 4.22. The van der Waals surface area contributed by atoms with E-state index in [1.165, 1.54) is 18.5 Å². The number of hydrogen-bond acceptors (Lipinski definition) is 4. The van der Waals surface area contributed by atoms with Crippen molar-refractivity contribution in [2.45, 2.75) is 18.3 Å². The molecule has 0 amide bonds. The van der Waals surface area contributed by atoms with E-state index < -0.39 is 0 Å². The van der Waals surface area contributed by atoms with Gasteiger partial charge >= 0.3 is 0 Å². The Labute approximate surface area is 111 Å². The summed E-state index contributed by atoms with van der Waals surface area (Å²) in [6, 6.07) is 8.06. The van der Waals surface area contributed by atoms with Gasteiger partial charge in [0.05, 0.1) is 5.52 Å². The van der Waals surface area contributed by atoms with Crippen molar-refractivity contribution >= 4 is 10.9 Å². The molecule has 2 atom stereocenters. The molecule has 2 aromatic heterocycles. The summed E-state index contributed by atoms with van der Waals surface area (Å²) in [5, 5.41) is 13.4. The van der Waals surface area contributed by atoms with Gasteiger partial charge in [-0.1, -0.05) is 0 Å². The van der Waals surface area contributed by atoms with Gasteiger partial charge in [0.2, 0.25) is 0 Å². The Hall–Kier alpha value is -1.99. The van der Waals surface area contributed by atoms with Gasteiger partial charge in [0, 0.05) is 35.3 Å². The van der Waals surface area contributed by atoms with Gasteiger partial charge in [0.25, 0.3) is 0 Å². The molecular formula is C15H14N4. The van der Waals surface area contributed by atoms with Crippen LogP contribution in [0.3, 0.4) is 0 Å². The van der Waals surface area contributed by atoms with Crippen molar-refractivity contribution in [1.82, 2.24) is 15.3 Å². The van der Waals surface area contributed by atoms with Crippen molar-refractivity contribution in [1.29, 1.82) is 5.26 Å². The summed E-state index contributed by atoms with van der Waals surface area (Å²) in [7, 11) is 0. The SMILES string of the molecule is N#Cc1cc2nc(C34CNCCC3C4)ccc2cn1. The first-order chi connectivity index (χ1) is 9.32. The zero-order chi connectivity index (χ0) is 12.9. The average molecular weight is 250 g/mol. The van der Waals surface area contributed by atoms with Crippen LogP contribution in [-0.4, -0.2) is 23.1 Å². The average Bonchev–Trinajstić information content (AvgIpc) is 3.22. The van der Waals surface area contributed by atoms with Crippen LogP contribution in [0.2, 0.25) is 0 Å². The van der Waals surface area contributed by atoms with Gasteiger partial charge in [-0.3, -0.25) is 4.98 Å². The molecule has 3 heterocycles. The fourth-order valence-electron chi connectivity index (χ4n) is 3.32. The van der Waals surface area contributed by atoms with E-state index in [0.29, 0.717) is 5.69 Å². The maximum absolute atomic E-state index is 8.92. The first-order valence-electron chi connectivity index (χ1n) is 6.70. The largest absolute Gasteiger partial charge is 0.316 e. The Morgan fingerprint density at radius 1 is 1.42 bits per heavy atom. The van der Waals surface area contributed by atoms with Crippen LogP contribution in [0.25, 0.3) is 10.9 Å². The highest BCUT2D eigenvalue weighted by molar-refractivity contribution is 5.78. The van der Waals surface area contributed by atoms with E-state index in [1.807, 2.05) is 0 Å². The molecule has 1 aliphatic heterocycles. The van der Waals surface area contributed by atoms with Crippen LogP contribution in [0.5, 0.6) is 0 Å². The van der Waals surface area contributed by atoms with Gasteiger partial charge in [-0.2, -0.15) is 5.26 Å². The van der Waals surface area contributed by atoms with Crippen LogP contribution in [0.4, 0.5) is 0 Å². The number of nitriles is 1. The van der Waals surface area contributed by atoms with E-state index in [0.717, 1.165) is 29.9 Å². The molecule has 4 heteroatoms. The molecule has 1 saturated heterocycles. The molecule has 19 heavy (non-hydrogen) atoms. The van der Waals surface area contributed by atoms with E-state index in [2.05, 4.69) is 28.5 Å². The third-order valence-electron chi connectivity index (χ3n) is 4.54. The summed E-state index contributed by atoms with van der Waals surface area (Å²) in [5.41, 5.74) is 2.74. The standard InChI is InChI=1S/C15H14N4/c16-7-12-5-13-10(8-18-12)1-2-14(19-13)15-6-11(15)3-4-17-9-15/h1-2,5,8,11,17H,3-4,6,9H2. The Kier molecular flexibility index (Phi) is 2.15. The van der Waals surface area contributed by atoms with Crippen LogP contribution in [0.15, 0.2) is 24.4 Å². The minimum Gasteiger partial charge on any atom is -0.316 e. The molecular weight excluding hydrogens is 236 g/mol. The first kappa shape index (κ1) is 10.9. The fraction of sp³-hybridized carbons (Fsp3) is 0.400. The smallest absolute Gasteiger partial charge is 0.142 e. The van der Waals surface area contributed by atoms with Crippen molar-refractivity contribution in [2.75, 3.05) is 13.1 Å². The fourth-order valence-corrected chi connectivity index (χ4v) is 3.32. The molecule has 94 valence electrons. The molecule has 1 N–H and O–H groups in total. The predicted octanol–water partition coefficient (Wildman–Crippen LogP) is 1.75. The summed E-state index contributed by atoms with van der Waals surface area (Å²) in [5.74, 6) is 0.788. The normalized spacial score (nSPS) is 28.7. The van der Waals surface area contributed by atoms with Gasteiger partial charge in [0.1, 0.15) is 11.8 Å². The number of nitrogens with zero attached hydrogens (tertiary/aromatic N) is 3. The third-order valence-corrected chi connectivity index (χ3v) is 4.54. The zero-order valence-electron chi connectivity index (χ0n) is 10.6. The quantitative estimate of drug-likeness (QED) is 0.837. The lowest BCUT2D eigenvalue weighted by molar-refractivity contribution is 0.440. The third kappa shape index (κ3) is 1.55. The van der Waals surface area contributed by atoms with E-state index in [-0.39, 0.29) is 5.41 Å². The maximum Gasteiger partial charge on any atom is 0.142 e. The van der Waals surface area contributed by atoms with Crippen LogP contribution < -0.4 is 5.32 Å². The second-order valence-electron chi connectivity index (χ2n) is 5.59. The minimum atomic E-state index is 0.252. The Bertz CT molecular complexity index is 703. The Morgan fingerprint density at radius 2 is 2.37 bits per heavy atom. The van der Waals surface area contributed by atoms with Crippen molar-refractivity contribution in [3.8, 4) is 6.07 Å². The van der Waals surface area contributed by atoms with E-state index >= 15 is 0 Å². The van der Waals surface area contributed by atoms with Crippen LogP contribution in [0, 0.1) is 17.2 Å². The van der Waals surface area contributed by atoms with Gasteiger partial charge in [0.15, 0.2) is 0 Å². The molecule has 1 aliphatic carbocycles. The van der Waals surface area contributed by atoms with Crippen LogP contribution >= 0.6 is 0 Å². The second-order valence-corrected chi connectivity index (χ2v) is 5.59. The van der Waals surface area contributed by atoms with Gasteiger partial charge in [-0.25, -0.2) is 4.98 Å². The second kappa shape index (κ2) is 3.75. The summed E-state index contributed by atoms with van der Waals surface area (Å²) < 4.78 is 0. The number of pyridine rings is 2. The molecule has 0 bridgehead atoms. The van der Waals surface area contributed by atoms with Gasteiger partial charge < -0.3 is 5.32 Å². The topological polar surface area (TPSA) is 61.6 Å². The molecule has 2 aromatic rings. The van der Waals surface area contributed by atoms with Crippen molar-refractivity contribution in [3.63, 3.8) is 0 Å². The lowest BCUT2D eigenvalue weighted by Crippen LogP contribution is -2.34. The lowest BCUT2D eigenvalue weighted by Gasteiger charge is -2.22. The molecule has 2 aliphatic rings. The van der Waals surface area contributed by atoms with Crippen LogP contribution in [0.1, 0.15) is 24.2 Å². The molecule has 0 aromatic carbocycles.